The second-order valence-electron chi connectivity index (χ2n) is 5.13. The number of methoxy groups -OCH3 is 1. The molecule has 26 heavy (non-hydrogen) atoms. The zero-order valence-electron chi connectivity index (χ0n) is 14.5. The van der Waals surface area contributed by atoms with Crippen LogP contribution >= 0.6 is 0 Å². The number of carbonyl (C=O) groups is 3. The molecule has 2 aromatic rings. The number of hydrogen-bond donors (Lipinski definition) is 1. The monoisotopic (exact) mass is 357 g/mol. The molecule has 0 fully saturated rings. The van der Waals surface area contributed by atoms with Crippen molar-refractivity contribution in [2.45, 2.75) is 6.92 Å². The number of para-hydroxylation sites is 1. The van der Waals surface area contributed by atoms with Crippen molar-refractivity contribution in [3.63, 3.8) is 0 Å². The molecule has 0 bridgehead atoms. The summed E-state index contributed by atoms with van der Waals surface area (Å²) in [5.74, 6) is -0.290. The van der Waals surface area contributed by atoms with Gasteiger partial charge in [-0.3, -0.25) is 9.59 Å². The second-order valence-corrected chi connectivity index (χ2v) is 5.13. The minimum absolute atomic E-state index is 0.244. The van der Waals surface area contributed by atoms with Crippen molar-refractivity contribution >= 4 is 23.9 Å². The zero-order valence-corrected chi connectivity index (χ0v) is 14.5. The molecule has 0 radical (unpaired) electrons. The number of esters is 1. The molecule has 0 saturated heterocycles. The van der Waals surface area contributed by atoms with E-state index in [2.05, 4.69) is 10.1 Å². The molecule has 0 atom stereocenters. The fraction of sp³-hybridized carbons (Fsp3) is 0.211. The van der Waals surface area contributed by atoms with E-state index in [0.717, 1.165) is 0 Å². The van der Waals surface area contributed by atoms with Gasteiger partial charge in [0.15, 0.2) is 18.1 Å². The van der Waals surface area contributed by atoms with Crippen LogP contribution in [0.5, 0.6) is 11.5 Å². The normalized spacial score (nSPS) is 9.92. The highest BCUT2D eigenvalue weighted by Crippen LogP contribution is 2.28. The van der Waals surface area contributed by atoms with Crippen molar-refractivity contribution in [3.05, 3.63) is 53.6 Å². The minimum atomic E-state index is -0.551. The van der Waals surface area contributed by atoms with Crippen molar-refractivity contribution in [3.8, 4) is 11.5 Å². The Morgan fingerprint density at radius 1 is 1.08 bits per heavy atom. The first-order chi connectivity index (χ1) is 12.6. The van der Waals surface area contributed by atoms with Crippen LogP contribution < -0.4 is 14.8 Å². The molecule has 0 aromatic heterocycles. The van der Waals surface area contributed by atoms with Gasteiger partial charge in [-0.2, -0.15) is 0 Å². The number of hydrogen-bond acceptors (Lipinski definition) is 6. The Labute approximate surface area is 150 Å². The molecule has 0 aliphatic rings. The maximum absolute atomic E-state index is 12.2. The van der Waals surface area contributed by atoms with Crippen LogP contribution in [-0.4, -0.2) is 38.5 Å². The SMILES string of the molecule is CCOc1cc(C=O)ccc1OCC(=O)Nc1ccccc1C(=O)OC. The zero-order chi connectivity index (χ0) is 18.9. The lowest BCUT2D eigenvalue weighted by Crippen LogP contribution is -2.22. The predicted molar refractivity (Wildman–Crippen MR) is 94.9 cm³/mol. The van der Waals surface area contributed by atoms with Gasteiger partial charge in [-0.15, -0.1) is 0 Å². The molecule has 0 unspecified atom stereocenters. The van der Waals surface area contributed by atoms with Gasteiger partial charge in [-0.25, -0.2) is 4.79 Å². The van der Waals surface area contributed by atoms with Gasteiger partial charge in [0.25, 0.3) is 5.91 Å². The number of ether oxygens (including phenoxy) is 3. The van der Waals surface area contributed by atoms with Crippen LogP contribution in [0.2, 0.25) is 0 Å². The molecular weight excluding hydrogens is 338 g/mol. The Morgan fingerprint density at radius 3 is 2.54 bits per heavy atom. The van der Waals surface area contributed by atoms with E-state index in [1.165, 1.54) is 13.2 Å². The van der Waals surface area contributed by atoms with Gasteiger partial charge < -0.3 is 19.5 Å². The summed E-state index contributed by atoms with van der Waals surface area (Å²) in [7, 11) is 1.27. The van der Waals surface area contributed by atoms with Crippen LogP contribution in [0.25, 0.3) is 0 Å². The molecule has 1 N–H and O–H groups in total. The van der Waals surface area contributed by atoms with Crippen molar-refractivity contribution in [1.82, 2.24) is 0 Å². The van der Waals surface area contributed by atoms with Gasteiger partial charge in [0, 0.05) is 5.56 Å². The molecule has 0 saturated carbocycles. The van der Waals surface area contributed by atoms with Crippen LogP contribution in [0.1, 0.15) is 27.6 Å². The van der Waals surface area contributed by atoms with E-state index < -0.39 is 11.9 Å². The summed E-state index contributed by atoms with van der Waals surface area (Å²) in [6, 6.07) is 11.2. The van der Waals surface area contributed by atoms with E-state index in [1.807, 2.05) is 0 Å². The Morgan fingerprint density at radius 2 is 1.85 bits per heavy atom. The molecule has 7 nitrogen and oxygen atoms in total. The van der Waals surface area contributed by atoms with Gasteiger partial charge >= 0.3 is 5.97 Å². The standard InChI is InChI=1S/C19H19NO6/c1-3-25-17-10-13(11-21)8-9-16(17)26-12-18(22)20-15-7-5-4-6-14(15)19(23)24-2/h4-11H,3,12H2,1-2H3,(H,20,22). The minimum Gasteiger partial charge on any atom is -0.490 e. The lowest BCUT2D eigenvalue weighted by molar-refractivity contribution is -0.118. The Balaban J connectivity index is 2.06. The first-order valence-electron chi connectivity index (χ1n) is 7.91. The Hall–Kier alpha value is -3.35. The quantitative estimate of drug-likeness (QED) is 0.577. The summed E-state index contributed by atoms with van der Waals surface area (Å²) in [5, 5.41) is 2.61. The molecule has 2 rings (SSSR count). The second kappa shape index (κ2) is 9.22. The highest BCUT2D eigenvalue weighted by Gasteiger charge is 2.14. The summed E-state index contributed by atoms with van der Waals surface area (Å²) in [6.07, 6.45) is 0.697. The third-order valence-corrected chi connectivity index (χ3v) is 3.37. The van der Waals surface area contributed by atoms with E-state index in [4.69, 9.17) is 9.47 Å². The fourth-order valence-electron chi connectivity index (χ4n) is 2.20. The van der Waals surface area contributed by atoms with Gasteiger partial charge in [-0.05, 0) is 37.3 Å². The fourth-order valence-corrected chi connectivity index (χ4v) is 2.20. The van der Waals surface area contributed by atoms with Crippen molar-refractivity contribution in [1.29, 1.82) is 0 Å². The number of amides is 1. The van der Waals surface area contributed by atoms with E-state index in [0.29, 0.717) is 35.6 Å². The average Bonchev–Trinajstić information content (AvgIpc) is 2.67. The molecule has 0 heterocycles. The topological polar surface area (TPSA) is 90.9 Å². The maximum Gasteiger partial charge on any atom is 0.339 e. The third-order valence-electron chi connectivity index (χ3n) is 3.37. The van der Waals surface area contributed by atoms with Gasteiger partial charge in [0.2, 0.25) is 0 Å². The summed E-state index contributed by atoms with van der Waals surface area (Å²) in [6.45, 7) is 1.89. The highest BCUT2D eigenvalue weighted by atomic mass is 16.5. The van der Waals surface area contributed by atoms with Crippen molar-refractivity contribution < 1.29 is 28.6 Å². The average molecular weight is 357 g/mol. The van der Waals surface area contributed by atoms with Crippen LogP contribution in [0, 0.1) is 0 Å². The molecule has 2 aromatic carbocycles. The molecule has 7 heteroatoms. The Kier molecular flexibility index (Phi) is 6.73. The van der Waals surface area contributed by atoms with E-state index >= 15 is 0 Å². The van der Waals surface area contributed by atoms with Gasteiger partial charge in [-0.1, -0.05) is 12.1 Å². The van der Waals surface area contributed by atoms with Gasteiger partial charge in [0.05, 0.1) is 25.0 Å². The first kappa shape index (κ1) is 19.0. The first-order valence-corrected chi connectivity index (χ1v) is 7.91. The molecule has 1 amide bonds. The number of benzene rings is 2. The van der Waals surface area contributed by atoms with Gasteiger partial charge in [0.1, 0.15) is 6.29 Å². The van der Waals surface area contributed by atoms with Crippen LogP contribution in [0.15, 0.2) is 42.5 Å². The number of carbonyl (C=O) groups excluding carboxylic acids is 3. The van der Waals surface area contributed by atoms with Crippen LogP contribution in [0.3, 0.4) is 0 Å². The lowest BCUT2D eigenvalue weighted by atomic mass is 10.2. The summed E-state index contributed by atoms with van der Waals surface area (Å²) >= 11 is 0. The van der Waals surface area contributed by atoms with E-state index in [-0.39, 0.29) is 12.2 Å². The Bertz CT molecular complexity index is 802. The summed E-state index contributed by atoms with van der Waals surface area (Å²) in [5.41, 5.74) is 1.01. The summed E-state index contributed by atoms with van der Waals surface area (Å²) in [4.78, 5) is 34.7. The maximum atomic E-state index is 12.2. The number of anilines is 1. The number of nitrogens with one attached hydrogen (secondary N) is 1. The lowest BCUT2D eigenvalue weighted by Gasteiger charge is -2.13. The smallest absolute Gasteiger partial charge is 0.339 e. The van der Waals surface area contributed by atoms with E-state index in [1.54, 1.807) is 43.3 Å². The van der Waals surface area contributed by atoms with Crippen LogP contribution in [-0.2, 0) is 9.53 Å². The molecule has 0 aliphatic heterocycles. The molecular formula is C19H19NO6. The largest absolute Gasteiger partial charge is 0.490 e. The third kappa shape index (κ3) is 4.83. The van der Waals surface area contributed by atoms with Crippen molar-refractivity contribution in [2.75, 3.05) is 25.6 Å². The molecule has 0 spiro atoms. The van der Waals surface area contributed by atoms with Crippen molar-refractivity contribution in [2.24, 2.45) is 0 Å². The highest BCUT2D eigenvalue weighted by molar-refractivity contribution is 6.01. The molecule has 0 aliphatic carbocycles. The van der Waals surface area contributed by atoms with Crippen LogP contribution in [0.4, 0.5) is 5.69 Å². The number of rotatable bonds is 8. The predicted octanol–water partition coefficient (Wildman–Crippen LogP) is 2.70. The molecule has 136 valence electrons. The summed E-state index contributed by atoms with van der Waals surface area (Å²) < 4.78 is 15.6. The van der Waals surface area contributed by atoms with E-state index in [9.17, 15) is 14.4 Å². The number of aldehydes is 1.